The molecule has 0 aliphatic rings. The smallest absolute Gasteiger partial charge is 0.352 e. The van der Waals surface area contributed by atoms with Crippen LogP contribution in [0.25, 0.3) is 0 Å². The summed E-state index contributed by atoms with van der Waals surface area (Å²) in [5, 5.41) is 2.32. The van der Waals surface area contributed by atoms with E-state index in [1.54, 1.807) is 0 Å². The van der Waals surface area contributed by atoms with Crippen LogP contribution in [0.2, 0.25) is 0 Å². The molecule has 0 radical (unpaired) electrons. The van der Waals surface area contributed by atoms with Crippen molar-refractivity contribution in [1.82, 2.24) is 5.32 Å². The lowest BCUT2D eigenvalue weighted by molar-refractivity contribution is -0.136. The maximum atomic E-state index is 11.6. The van der Waals surface area contributed by atoms with Crippen LogP contribution >= 0.6 is 0 Å². The third-order valence-electron chi connectivity index (χ3n) is 1.31. The first-order valence-electron chi connectivity index (χ1n) is 3.83. The average molecular weight is 195 g/mol. The highest BCUT2D eigenvalue weighted by Gasteiger charge is 2.25. The monoisotopic (exact) mass is 195 g/mol. The Morgan fingerprint density at radius 2 is 2.00 bits per heavy atom. The quantitative estimate of drug-likeness (QED) is 0.539. The molecule has 0 aliphatic carbocycles. The summed E-state index contributed by atoms with van der Waals surface area (Å²) in [7, 11) is 0. The number of alkyl halides is 3. The second-order valence-corrected chi connectivity index (χ2v) is 2.75. The van der Waals surface area contributed by atoms with Crippen molar-refractivity contribution in [2.24, 2.45) is 0 Å². The fourth-order valence-corrected chi connectivity index (χ4v) is 0.642. The molecule has 0 heterocycles. The van der Waals surface area contributed by atoms with Gasteiger partial charge in [-0.2, -0.15) is 13.2 Å². The van der Waals surface area contributed by atoms with Crippen molar-refractivity contribution in [3.63, 3.8) is 0 Å². The lowest BCUT2D eigenvalue weighted by Gasteiger charge is -2.06. The van der Waals surface area contributed by atoms with Crippen LogP contribution < -0.4 is 5.32 Å². The molecule has 0 aromatic rings. The molecule has 0 aromatic heterocycles. The Kier molecular flexibility index (Phi) is 4.51. The summed E-state index contributed by atoms with van der Waals surface area (Å²) in [6.45, 7) is 4.88. The average Bonchev–Trinajstić information content (AvgIpc) is 1.95. The van der Waals surface area contributed by atoms with Crippen molar-refractivity contribution in [3.05, 3.63) is 12.2 Å². The first kappa shape index (κ1) is 12.0. The Hall–Kier alpha value is -1.00. The molecule has 13 heavy (non-hydrogen) atoms. The van der Waals surface area contributed by atoms with E-state index in [1.807, 2.05) is 0 Å². The van der Waals surface area contributed by atoms with E-state index in [-0.39, 0.29) is 13.0 Å². The molecule has 0 spiro atoms. The largest absolute Gasteiger partial charge is 0.389 e. The van der Waals surface area contributed by atoms with Crippen LogP contribution in [0.5, 0.6) is 0 Å². The van der Waals surface area contributed by atoms with E-state index in [9.17, 15) is 18.0 Å². The van der Waals surface area contributed by atoms with E-state index in [0.29, 0.717) is 5.57 Å². The predicted octanol–water partition coefficient (Wildman–Crippen LogP) is 2.02. The molecular formula is C8H12F3NO. The molecule has 0 atom stereocenters. The van der Waals surface area contributed by atoms with Gasteiger partial charge in [0.05, 0.1) is 0 Å². The molecule has 0 saturated heterocycles. The van der Waals surface area contributed by atoms with Gasteiger partial charge in [0.15, 0.2) is 0 Å². The van der Waals surface area contributed by atoms with E-state index in [1.165, 1.54) is 6.92 Å². The summed E-state index contributed by atoms with van der Waals surface area (Å²) in [4.78, 5) is 10.8. The number of rotatable bonds is 4. The zero-order chi connectivity index (χ0) is 10.5. The zero-order valence-electron chi connectivity index (χ0n) is 7.37. The third-order valence-corrected chi connectivity index (χ3v) is 1.31. The molecule has 0 saturated carbocycles. The SMILES string of the molecule is C=C(C)C(=O)NCCCC(F)(F)F. The van der Waals surface area contributed by atoms with E-state index in [0.717, 1.165) is 0 Å². The van der Waals surface area contributed by atoms with Gasteiger partial charge in [-0.25, -0.2) is 0 Å². The van der Waals surface area contributed by atoms with Gasteiger partial charge in [0.2, 0.25) is 5.91 Å². The van der Waals surface area contributed by atoms with Crippen LogP contribution in [0.15, 0.2) is 12.2 Å². The Morgan fingerprint density at radius 3 is 2.38 bits per heavy atom. The van der Waals surface area contributed by atoms with Crippen molar-refractivity contribution >= 4 is 5.91 Å². The van der Waals surface area contributed by atoms with E-state index < -0.39 is 18.5 Å². The van der Waals surface area contributed by atoms with Crippen LogP contribution in [-0.4, -0.2) is 18.6 Å². The van der Waals surface area contributed by atoms with Gasteiger partial charge in [0.25, 0.3) is 0 Å². The minimum absolute atomic E-state index is 0.0329. The summed E-state index contributed by atoms with van der Waals surface area (Å²) >= 11 is 0. The number of halogens is 3. The Labute approximate surface area is 74.8 Å². The Morgan fingerprint density at radius 1 is 1.46 bits per heavy atom. The molecule has 2 nitrogen and oxygen atoms in total. The van der Waals surface area contributed by atoms with Gasteiger partial charge in [-0.15, -0.1) is 0 Å². The number of hydrogen-bond donors (Lipinski definition) is 1. The fourth-order valence-electron chi connectivity index (χ4n) is 0.642. The number of carbonyl (C=O) groups excluding carboxylic acids is 1. The minimum atomic E-state index is -4.14. The number of amides is 1. The highest BCUT2D eigenvalue weighted by Crippen LogP contribution is 2.20. The Bertz CT molecular complexity index is 198. The van der Waals surface area contributed by atoms with Crippen LogP contribution in [0.1, 0.15) is 19.8 Å². The summed E-state index contributed by atoms with van der Waals surface area (Å²) in [6, 6.07) is 0. The summed E-state index contributed by atoms with van der Waals surface area (Å²) in [5.74, 6) is -0.401. The zero-order valence-corrected chi connectivity index (χ0v) is 7.37. The second kappa shape index (κ2) is 4.89. The lowest BCUT2D eigenvalue weighted by Crippen LogP contribution is -2.25. The normalized spacial score (nSPS) is 11.1. The topological polar surface area (TPSA) is 29.1 Å². The van der Waals surface area contributed by atoms with Crippen LogP contribution in [0, 0.1) is 0 Å². The van der Waals surface area contributed by atoms with Gasteiger partial charge in [0, 0.05) is 18.5 Å². The van der Waals surface area contributed by atoms with Gasteiger partial charge in [0.1, 0.15) is 0 Å². The van der Waals surface area contributed by atoms with Crippen molar-refractivity contribution in [1.29, 1.82) is 0 Å². The van der Waals surface area contributed by atoms with Crippen LogP contribution in [0.4, 0.5) is 13.2 Å². The maximum Gasteiger partial charge on any atom is 0.389 e. The molecule has 0 rings (SSSR count). The second-order valence-electron chi connectivity index (χ2n) is 2.75. The van der Waals surface area contributed by atoms with Crippen LogP contribution in [0.3, 0.4) is 0 Å². The molecular weight excluding hydrogens is 183 g/mol. The molecule has 0 aliphatic heterocycles. The first-order valence-corrected chi connectivity index (χ1v) is 3.83. The molecule has 76 valence electrons. The molecule has 0 unspecified atom stereocenters. The summed E-state index contributed by atoms with van der Waals surface area (Å²) < 4.78 is 34.8. The van der Waals surface area contributed by atoms with Gasteiger partial charge >= 0.3 is 6.18 Å². The maximum absolute atomic E-state index is 11.6. The number of nitrogens with one attached hydrogen (secondary N) is 1. The van der Waals surface area contributed by atoms with Crippen molar-refractivity contribution in [2.75, 3.05) is 6.54 Å². The molecule has 0 fully saturated rings. The molecule has 0 aromatic carbocycles. The van der Waals surface area contributed by atoms with Gasteiger partial charge in [-0.05, 0) is 13.3 Å². The summed E-state index contributed by atoms with van der Waals surface area (Å²) in [6.07, 6.45) is -5.11. The third kappa shape index (κ3) is 7.36. The molecule has 1 N–H and O–H groups in total. The van der Waals surface area contributed by atoms with E-state index in [2.05, 4.69) is 11.9 Å². The van der Waals surface area contributed by atoms with E-state index >= 15 is 0 Å². The fraction of sp³-hybridized carbons (Fsp3) is 0.625. The number of hydrogen-bond acceptors (Lipinski definition) is 1. The molecule has 1 amide bonds. The molecule has 5 heteroatoms. The Balaban J connectivity index is 3.47. The van der Waals surface area contributed by atoms with Gasteiger partial charge in [-0.1, -0.05) is 6.58 Å². The lowest BCUT2D eigenvalue weighted by atomic mass is 10.3. The van der Waals surface area contributed by atoms with Crippen molar-refractivity contribution in [2.45, 2.75) is 25.9 Å². The standard InChI is InChI=1S/C8H12F3NO/c1-6(2)7(13)12-5-3-4-8(9,10)11/h1,3-5H2,2H3,(H,12,13). The van der Waals surface area contributed by atoms with Gasteiger partial charge in [-0.3, -0.25) is 4.79 Å². The highest BCUT2D eigenvalue weighted by molar-refractivity contribution is 5.91. The van der Waals surface area contributed by atoms with Crippen molar-refractivity contribution < 1.29 is 18.0 Å². The summed E-state index contributed by atoms with van der Waals surface area (Å²) in [5.41, 5.74) is 0.298. The number of carbonyl (C=O) groups is 1. The van der Waals surface area contributed by atoms with Gasteiger partial charge < -0.3 is 5.32 Å². The highest BCUT2D eigenvalue weighted by atomic mass is 19.4. The van der Waals surface area contributed by atoms with E-state index in [4.69, 9.17) is 0 Å². The predicted molar refractivity (Wildman–Crippen MR) is 43.1 cm³/mol. The first-order chi connectivity index (χ1) is 5.83. The minimum Gasteiger partial charge on any atom is -0.352 e. The van der Waals surface area contributed by atoms with Crippen molar-refractivity contribution in [3.8, 4) is 0 Å². The molecule has 0 bridgehead atoms. The van der Waals surface area contributed by atoms with Crippen LogP contribution in [-0.2, 0) is 4.79 Å².